The third kappa shape index (κ3) is 15.1. The van der Waals surface area contributed by atoms with E-state index in [9.17, 15) is 34.2 Å². The summed E-state index contributed by atoms with van der Waals surface area (Å²) in [4.78, 5) is 72.4. The number of fused-ring (bicyclic) bond motifs is 3. The van der Waals surface area contributed by atoms with E-state index in [1.54, 1.807) is 41.1 Å². The molecule has 0 aromatic heterocycles. The van der Waals surface area contributed by atoms with Gasteiger partial charge in [-0.05, 0) is 113 Å². The van der Waals surface area contributed by atoms with Gasteiger partial charge in [0.2, 0.25) is 5.79 Å². The van der Waals surface area contributed by atoms with Gasteiger partial charge in [0.05, 0.1) is 37.1 Å². The molecule has 3 unspecified atom stereocenters. The van der Waals surface area contributed by atoms with E-state index in [1.165, 1.54) is 12.0 Å². The molecule has 0 aromatic carbocycles. The Morgan fingerprint density at radius 3 is 2.29 bits per heavy atom. The number of ether oxygens (including phenoxy) is 7. The Bertz CT molecular complexity index is 1890. The zero-order valence-electron chi connectivity index (χ0n) is 43.7. The van der Waals surface area contributed by atoms with E-state index >= 15 is 0 Å². The molecule has 1 amide bonds. The number of carbonyl (C=O) groups excluding carboxylic acids is 5. The lowest BCUT2D eigenvalue weighted by molar-refractivity contribution is -0.265. The molecule has 15 heteroatoms. The number of hydrogen-bond donors (Lipinski definition) is 2. The number of cyclic esters (lactones) is 1. The molecule has 3 saturated heterocycles. The summed E-state index contributed by atoms with van der Waals surface area (Å²) in [7, 11) is 4.66. The van der Waals surface area contributed by atoms with Crippen LogP contribution in [0.1, 0.15) is 132 Å². The lowest BCUT2D eigenvalue weighted by Crippen LogP contribution is -2.61. The summed E-state index contributed by atoms with van der Waals surface area (Å²) in [6.07, 6.45) is 13.4. The van der Waals surface area contributed by atoms with Crippen molar-refractivity contribution in [3.63, 3.8) is 0 Å². The number of nitrogens with zero attached hydrogens (tertiary/aromatic N) is 1. The smallest absolute Gasteiger partial charge is 0.329 e. The van der Waals surface area contributed by atoms with Crippen LogP contribution in [-0.2, 0) is 57.1 Å². The minimum atomic E-state index is -2.43. The average molecular weight is 984 g/mol. The molecular weight excluding hydrogens is 899 g/mol. The second kappa shape index (κ2) is 27.0. The standard InChI is InChI=1S/C55H85NO14/c1-33-16-12-11-13-17-34(2)46(64-8)30-41-21-19-39(7)55(63,70-41)52(60)53(61)56-24-15-14-18-43(56)54(62)69-47(31-44(57)35(3)27-38(6)50(59)51(66-10)49(58)37(5)26-33)36(4)28-40-20-22-45(48(29-40)65-9)68-42-23-25-67-32-42/h11-13,16-17,27,33,35-37,39-43,45-48,50-51,59,63H,14-15,18-26,28-32H2,1-10H3/b13-11+,16-12+,34-17+,38-27+/t33-,35-,36+,37-,39-,40-,41+,42?,43+,45+,46+,47+,48?,50?,51+,55-/m1/s1. The number of methoxy groups -OCH3 is 3. The Morgan fingerprint density at radius 2 is 1.60 bits per heavy atom. The second-order valence-electron chi connectivity index (χ2n) is 21.2. The Kier molecular flexibility index (Phi) is 22.2. The number of Topliss-reactive ketones (excluding diaryl/α,β-unsaturated/α-hetero) is 3. The van der Waals surface area contributed by atoms with E-state index in [2.05, 4.69) is 0 Å². The summed E-state index contributed by atoms with van der Waals surface area (Å²) >= 11 is 0. The molecule has 70 heavy (non-hydrogen) atoms. The molecule has 2 N–H and O–H groups in total. The third-order valence-electron chi connectivity index (χ3n) is 15.7. The number of piperidine rings is 1. The molecule has 0 spiro atoms. The molecule has 15 nitrogen and oxygen atoms in total. The van der Waals surface area contributed by atoms with E-state index in [-0.39, 0.29) is 67.0 Å². The lowest BCUT2D eigenvalue weighted by Gasteiger charge is -2.42. The van der Waals surface area contributed by atoms with Crippen LogP contribution in [0, 0.1) is 35.5 Å². The van der Waals surface area contributed by atoms with Crippen molar-refractivity contribution in [2.24, 2.45) is 35.5 Å². The molecule has 16 atom stereocenters. The third-order valence-corrected chi connectivity index (χ3v) is 15.7. The highest BCUT2D eigenvalue weighted by Gasteiger charge is 2.53. The average Bonchev–Trinajstić information content (AvgIpc) is 3.86. The van der Waals surface area contributed by atoms with Crippen LogP contribution in [0.4, 0.5) is 0 Å². The largest absolute Gasteiger partial charge is 0.460 e. The molecule has 0 radical (unpaired) electrons. The maximum Gasteiger partial charge on any atom is 0.329 e. The topological polar surface area (TPSA) is 194 Å². The van der Waals surface area contributed by atoms with Crippen LogP contribution < -0.4 is 0 Å². The maximum absolute atomic E-state index is 14.5. The Labute approximate surface area is 417 Å². The number of aliphatic hydroxyl groups excluding tert-OH is 1. The van der Waals surface area contributed by atoms with E-state index in [1.807, 2.05) is 58.1 Å². The predicted octanol–water partition coefficient (Wildman–Crippen LogP) is 6.99. The van der Waals surface area contributed by atoms with E-state index < -0.39 is 77.8 Å². The molecule has 4 fully saturated rings. The van der Waals surface area contributed by atoms with Crippen molar-refractivity contribution in [3.05, 3.63) is 47.6 Å². The summed E-state index contributed by atoms with van der Waals surface area (Å²) in [6.45, 7) is 14.1. The quantitative estimate of drug-likeness (QED) is 0.144. The van der Waals surface area contributed by atoms with Crippen LogP contribution in [0.2, 0.25) is 0 Å². The minimum absolute atomic E-state index is 0.0207. The van der Waals surface area contributed by atoms with Crippen LogP contribution in [0.3, 0.4) is 0 Å². The molecular formula is C55H85NO14. The van der Waals surface area contributed by atoms with Crippen molar-refractivity contribution in [2.75, 3.05) is 41.1 Å². The fourth-order valence-electron chi connectivity index (χ4n) is 11.1. The SMILES string of the molecule is COC1C[C@@H](C[C@H](C)[C@@H]2CC(=O)[C@H](C)/C=C(\C)C(O)[C@@H](OC)C(=O)[C@H](C)C[C@H](C)/C=C/C=C/C=C(\C)[C@@H](OC)C[C@@H]3CC[C@@H](C)[C@@](O)(O3)C(=O)C(=O)N3CCCC[C@H]3C(=O)O2)CC[C@@H]1OC1CCOC1. The van der Waals surface area contributed by atoms with Crippen molar-refractivity contribution in [3.8, 4) is 0 Å². The highest BCUT2D eigenvalue weighted by Crippen LogP contribution is 2.38. The number of esters is 1. The first-order chi connectivity index (χ1) is 33.3. The number of ketones is 3. The molecule has 1 aliphatic carbocycles. The van der Waals surface area contributed by atoms with E-state index in [0.717, 1.165) is 24.8 Å². The Balaban J connectivity index is 1.45. The number of aliphatic hydroxyl groups is 2. The van der Waals surface area contributed by atoms with Crippen LogP contribution in [-0.4, -0.2) is 146 Å². The highest BCUT2D eigenvalue weighted by atomic mass is 16.6. The zero-order chi connectivity index (χ0) is 51.3. The first kappa shape index (κ1) is 57.5. The van der Waals surface area contributed by atoms with Gasteiger partial charge in [-0.25, -0.2) is 4.79 Å². The fourth-order valence-corrected chi connectivity index (χ4v) is 11.1. The monoisotopic (exact) mass is 984 g/mol. The van der Waals surface area contributed by atoms with Gasteiger partial charge < -0.3 is 48.3 Å². The van der Waals surface area contributed by atoms with Crippen LogP contribution in [0.5, 0.6) is 0 Å². The van der Waals surface area contributed by atoms with Crippen molar-refractivity contribution in [1.29, 1.82) is 0 Å². The maximum atomic E-state index is 14.5. The van der Waals surface area contributed by atoms with Crippen molar-refractivity contribution in [1.82, 2.24) is 4.90 Å². The normalized spacial score (nSPS) is 40.6. The van der Waals surface area contributed by atoms with Crippen LogP contribution in [0.25, 0.3) is 0 Å². The zero-order valence-corrected chi connectivity index (χ0v) is 43.7. The molecule has 5 rings (SSSR count). The number of allylic oxidation sites excluding steroid dienone is 6. The minimum Gasteiger partial charge on any atom is -0.460 e. The lowest BCUT2D eigenvalue weighted by atomic mass is 9.78. The summed E-state index contributed by atoms with van der Waals surface area (Å²) < 4.78 is 41.9. The number of hydrogen-bond acceptors (Lipinski definition) is 14. The van der Waals surface area contributed by atoms with Gasteiger partial charge in [-0.15, -0.1) is 0 Å². The molecule has 394 valence electrons. The van der Waals surface area contributed by atoms with Crippen molar-refractivity contribution >= 4 is 29.2 Å². The number of amides is 1. The van der Waals surface area contributed by atoms with E-state index in [0.29, 0.717) is 70.2 Å². The Morgan fingerprint density at radius 1 is 0.843 bits per heavy atom. The van der Waals surface area contributed by atoms with Crippen LogP contribution in [0.15, 0.2) is 47.6 Å². The van der Waals surface area contributed by atoms with Crippen molar-refractivity contribution in [2.45, 2.75) is 193 Å². The predicted molar refractivity (Wildman–Crippen MR) is 263 cm³/mol. The Hall–Kier alpha value is -3.41. The summed E-state index contributed by atoms with van der Waals surface area (Å²) in [5.74, 6) is -7.80. The first-order valence-electron chi connectivity index (χ1n) is 26.0. The molecule has 0 aromatic rings. The summed E-state index contributed by atoms with van der Waals surface area (Å²) in [5.41, 5.74) is 1.28. The number of carbonyl (C=O) groups is 5. The number of rotatable bonds is 8. The molecule has 2 bridgehead atoms. The van der Waals surface area contributed by atoms with Crippen molar-refractivity contribution < 1.29 is 67.3 Å². The van der Waals surface area contributed by atoms with Gasteiger partial charge >= 0.3 is 5.97 Å². The van der Waals surface area contributed by atoms with Crippen LogP contribution >= 0.6 is 0 Å². The summed E-state index contributed by atoms with van der Waals surface area (Å²) in [5, 5.41) is 23.5. The summed E-state index contributed by atoms with van der Waals surface area (Å²) in [6, 6.07) is -1.13. The fraction of sp³-hybridized carbons (Fsp3) is 0.764. The van der Waals surface area contributed by atoms with Gasteiger partial charge in [0.25, 0.3) is 11.7 Å². The van der Waals surface area contributed by atoms with Gasteiger partial charge in [-0.2, -0.15) is 0 Å². The molecule has 4 heterocycles. The molecule has 4 aliphatic heterocycles. The molecule has 5 aliphatic rings. The first-order valence-corrected chi connectivity index (χ1v) is 26.0. The van der Waals surface area contributed by atoms with Gasteiger partial charge in [-0.3, -0.25) is 19.2 Å². The van der Waals surface area contributed by atoms with Gasteiger partial charge in [-0.1, -0.05) is 71.1 Å². The second-order valence-corrected chi connectivity index (χ2v) is 21.2. The van der Waals surface area contributed by atoms with Gasteiger partial charge in [0, 0.05) is 65.1 Å². The molecule has 1 saturated carbocycles. The van der Waals surface area contributed by atoms with E-state index in [4.69, 9.17) is 33.2 Å². The highest BCUT2D eigenvalue weighted by molar-refractivity contribution is 6.39. The van der Waals surface area contributed by atoms with Gasteiger partial charge in [0.15, 0.2) is 5.78 Å². The van der Waals surface area contributed by atoms with Gasteiger partial charge in [0.1, 0.15) is 30.1 Å².